The fourth-order valence-corrected chi connectivity index (χ4v) is 3.78. The molecule has 4 nitrogen and oxygen atoms in total. The van der Waals surface area contributed by atoms with Crippen LogP contribution in [0.4, 0.5) is 0 Å². The van der Waals surface area contributed by atoms with Gasteiger partial charge < -0.3 is 19.3 Å². The van der Waals surface area contributed by atoms with Crippen LogP contribution in [0.15, 0.2) is 42.0 Å². The van der Waals surface area contributed by atoms with Crippen molar-refractivity contribution in [2.45, 2.75) is 38.9 Å². The van der Waals surface area contributed by atoms with E-state index in [1.54, 1.807) is 7.11 Å². The first kappa shape index (κ1) is 17.0. The number of hydrogen-bond acceptors (Lipinski definition) is 4. The van der Waals surface area contributed by atoms with Gasteiger partial charge in [-0.25, -0.2) is 0 Å². The van der Waals surface area contributed by atoms with Gasteiger partial charge in [0.2, 0.25) is 0 Å². The van der Waals surface area contributed by atoms with E-state index in [2.05, 4.69) is 19.9 Å². The summed E-state index contributed by atoms with van der Waals surface area (Å²) in [6.07, 6.45) is 2.36. The Balaban J connectivity index is 1.84. The quantitative estimate of drug-likeness (QED) is 0.840. The average molecular weight is 352 g/mol. The van der Waals surface area contributed by atoms with Crippen LogP contribution in [0, 0.1) is 6.92 Å². The second-order valence-electron chi connectivity index (χ2n) is 7.36. The molecule has 2 aromatic carbocycles. The monoisotopic (exact) mass is 352 g/mol. The highest BCUT2D eigenvalue weighted by atomic mass is 16.5. The highest BCUT2D eigenvalue weighted by Crippen LogP contribution is 2.55. The van der Waals surface area contributed by atoms with Crippen molar-refractivity contribution in [2.75, 3.05) is 13.7 Å². The van der Waals surface area contributed by atoms with Crippen LogP contribution in [0.25, 0.3) is 0 Å². The van der Waals surface area contributed by atoms with Gasteiger partial charge in [0, 0.05) is 16.7 Å². The second kappa shape index (κ2) is 6.06. The number of allylic oxidation sites excluding steroid dienone is 2. The summed E-state index contributed by atoms with van der Waals surface area (Å²) in [5, 5.41) is 11.4. The maximum atomic E-state index is 11.4. The topological polar surface area (TPSA) is 47.9 Å². The number of rotatable bonds is 3. The van der Waals surface area contributed by atoms with E-state index in [0.717, 1.165) is 33.8 Å². The first-order valence-electron chi connectivity index (χ1n) is 8.90. The van der Waals surface area contributed by atoms with Gasteiger partial charge in [0.25, 0.3) is 0 Å². The molecule has 0 amide bonds. The molecule has 136 valence electrons. The standard InChI is InChI=1S/C22H24O4/c1-13(2)5-7-15-18(24-4)10-9-17-20(15)26-21-16-8-6-14(3)11-19(16)25-12-22(17,21)23/h5-6,8-11,21,23H,7,12H2,1-4H3/t21-,22+/m0/s1. The molecule has 0 unspecified atom stereocenters. The molecule has 0 bridgehead atoms. The van der Waals surface area contributed by atoms with Gasteiger partial charge in [-0.3, -0.25) is 0 Å². The van der Waals surface area contributed by atoms with Crippen molar-refractivity contribution in [3.63, 3.8) is 0 Å². The zero-order chi connectivity index (χ0) is 18.5. The fourth-order valence-electron chi connectivity index (χ4n) is 3.78. The minimum atomic E-state index is -1.19. The lowest BCUT2D eigenvalue weighted by molar-refractivity contribution is -0.0864. The predicted molar refractivity (Wildman–Crippen MR) is 100 cm³/mol. The van der Waals surface area contributed by atoms with E-state index >= 15 is 0 Å². The second-order valence-corrected chi connectivity index (χ2v) is 7.36. The number of aliphatic hydroxyl groups is 1. The van der Waals surface area contributed by atoms with Gasteiger partial charge in [-0.15, -0.1) is 0 Å². The lowest BCUT2D eigenvalue weighted by Gasteiger charge is -2.34. The van der Waals surface area contributed by atoms with Gasteiger partial charge in [0.1, 0.15) is 23.9 Å². The summed E-state index contributed by atoms with van der Waals surface area (Å²) in [5.41, 5.74) is 3.77. The van der Waals surface area contributed by atoms with Crippen LogP contribution >= 0.6 is 0 Å². The lowest BCUT2D eigenvalue weighted by atomic mass is 9.84. The number of methoxy groups -OCH3 is 1. The van der Waals surface area contributed by atoms with Crippen molar-refractivity contribution in [2.24, 2.45) is 0 Å². The third-order valence-corrected chi connectivity index (χ3v) is 5.19. The molecule has 0 saturated carbocycles. The lowest BCUT2D eigenvalue weighted by Crippen LogP contribution is -2.41. The van der Waals surface area contributed by atoms with Gasteiger partial charge in [-0.05, 0) is 51.0 Å². The van der Waals surface area contributed by atoms with Gasteiger partial charge >= 0.3 is 0 Å². The first-order chi connectivity index (χ1) is 12.4. The van der Waals surface area contributed by atoms with Crippen LogP contribution < -0.4 is 14.2 Å². The van der Waals surface area contributed by atoms with E-state index in [0.29, 0.717) is 12.2 Å². The number of aryl methyl sites for hydroxylation is 1. The van der Waals surface area contributed by atoms with Crippen LogP contribution in [0.1, 0.15) is 42.2 Å². The summed E-state index contributed by atoms with van der Waals surface area (Å²) in [7, 11) is 1.66. The van der Waals surface area contributed by atoms with Crippen molar-refractivity contribution in [3.05, 3.63) is 64.2 Å². The van der Waals surface area contributed by atoms with Crippen LogP contribution in [-0.4, -0.2) is 18.8 Å². The summed E-state index contributed by atoms with van der Waals surface area (Å²) < 4.78 is 17.8. The Labute approximate surface area is 154 Å². The largest absolute Gasteiger partial charge is 0.496 e. The van der Waals surface area contributed by atoms with E-state index in [1.165, 1.54) is 5.57 Å². The molecule has 2 atom stereocenters. The highest BCUT2D eigenvalue weighted by molar-refractivity contribution is 5.58. The number of ether oxygens (including phenoxy) is 3. The minimum absolute atomic E-state index is 0.176. The van der Waals surface area contributed by atoms with E-state index in [4.69, 9.17) is 14.2 Å². The van der Waals surface area contributed by atoms with Gasteiger partial charge in [0.15, 0.2) is 11.7 Å². The number of fused-ring (bicyclic) bond motifs is 5. The minimum Gasteiger partial charge on any atom is -0.496 e. The molecule has 2 aliphatic rings. The fraction of sp³-hybridized carbons (Fsp3) is 0.364. The van der Waals surface area contributed by atoms with Crippen molar-refractivity contribution < 1.29 is 19.3 Å². The average Bonchev–Trinajstić information content (AvgIpc) is 2.92. The zero-order valence-corrected chi connectivity index (χ0v) is 15.6. The molecule has 2 aromatic rings. The molecule has 0 aromatic heterocycles. The van der Waals surface area contributed by atoms with Gasteiger partial charge in [-0.2, -0.15) is 0 Å². The molecule has 0 radical (unpaired) electrons. The maximum Gasteiger partial charge on any atom is 0.168 e. The predicted octanol–water partition coefficient (Wildman–Crippen LogP) is 4.23. The van der Waals surface area contributed by atoms with Crippen molar-refractivity contribution in [3.8, 4) is 17.2 Å². The Kier molecular flexibility index (Phi) is 3.96. The Bertz CT molecular complexity index is 895. The van der Waals surface area contributed by atoms with Gasteiger partial charge in [0.05, 0.1) is 7.11 Å². The molecule has 2 heterocycles. The summed E-state index contributed by atoms with van der Waals surface area (Å²) in [6.45, 7) is 6.33. The Morgan fingerprint density at radius 1 is 1.31 bits per heavy atom. The molecular formula is C22H24O4. The maximum absolute atomic E-state index is 11.4. The molecule has 4 heteroatoms. The number of hydrogen-bond donors (Lipinski definition) is 1. The molecule has 0 fully saturated rings. The summed E-state index contributed by atoms with van der Waals surface area (Å²) in [4.78, 5) is 0. The third kappa shape index (κ3) is 2.48. The Morgan fingerprint density at radius 2 is 2.12 bits per heavy atom. The van der Waals surface area contributed by atoms with Crippen LogP contribution in [-0.2, 0) is 12.0 Å². The van der Waals surface area contributed by atoms with Crippen LogP contribution in [0.2, 0.25) is 0 Å². The third-order valence-electron chi connectivity index (χ3n) is 5.19. The van der Waals surface area contributed by atoms with E-state index in [9.17, 15) is 5.11 Å². The van der Waals surface area contributed by atoms with Crippen LogP contribution in [0.3, 0.4) is 0 Å². The van der Waals surface area contributed by atoms with E-state index < -0.39 is 11.7 Å². The summed E-state index contributed by atoms with van der Waals surface area (Å²) in [6, 6.07) is 9.79. The molecule has 0 spiro atoms. The molecule has 1 N–H and O–H groups in total. The van der Waals surface area contributed by atoms with Crippen molar-refractivity contribution in [1.82, 2.24) is 0 Å². The summed E-state index contributed by atoms with van der Waals surface area (Å²) in [5.74, 6) is 2.27. The molecule has 0 aliphatic carbocycles. The van der Waals surface area contributed by atoms with Crippen molar-refractivity contribution in [1.29, 1.82) is 0 Å². The Hall–Kier alpha value is -2.46. The van der Waals surface area contributed by atoms with Gasteiger partial charge in [-0.1, -0.05) is 23.8 Å². The number of benzene rings is 2. The van der Waals surface area contributed by atoms with E-state index in [-0.39, 0.29) is 6.61 Å². The molecule has 0 saturated heterocycles. The first-order valence-corrected chi connectivity index (χ1v) is 8.90. The Morgan fingerprint density at radius 3 is 2.85 bits per heavy atom. The smallest absolute Gasteiger partial charge is 0.168 e. The highest BCUT2D eigenvalue weighted by Gasteiger charge is 2.53. The van der Waals surface area contributed by atoms with Crippen molar-refractivity contribution >= 4 is 0 Å². The summed E-state index contributed by atoms with van der Waals surface area (Å²) >= 11 is 0. The van der Waals surface area contributed by atoms with Crippen LogP contribution in [0.5, 0.6) is 17.2 Å². The normalized spacial score (nSPS) is 22.4. The van der Waals surface area contributed by atoms with E-state index in [1.807, 2.05) is 37.3 Å². The molecule has 26 heavy (non-hydrogen) atoms. The SMILES string of the molecule is COc1ccc2c(c1CC=C(C)C)O[C@H]1c3ccc(C)cc3OC[C@@]21O. The zero-order valence-electron chi connectivity index (χ0n) is 15.6. The molecule has 4 rings (SSSR count). The molecular weight excluding hydrogens is 328 g/mol. The molecule has 2 aliphatic heterocycles.